The average molecular weight is 172 g/mol. The minimum atomic E-state index is 1.09. The molecule has 2 aliphatic rings. The third-order valence-electron chi connectivity index (χ3n) is 2.73. The zero-order valence-corrected chi connectivity index (χ0v) is 7.55. The maximum atomic E-state index is 5.75. The van der Waals surface area contributed by atoms with Gasteiger partial charge in [0, 0.05) is 10.4 Å². The zero-order chi connectivity index (χ0) is 8.67. The van der Waals surface area contributed by atoms with Crippen LogP contribution in [-0.2, 0) is 0 Å². The second-order valence-electron chi connectivity index (χ2n) is 3.63. The van der Waals surface area contributed by atoms with Gasteiger partial charge >= 0.3 is 0 Å². The van der Waals surface area contributed by atoms with Crippen LogP contribution >= 0.6 is 0 Å². The molecule has 0 aromatic carbocycles. The van der Waals surface area contributed by atoms with Crippen LogP contribution in [0.5, 0.6) is 0 Å². The van der Waals surface area contributed by atoms with Crippen LogP contribution in [0, 0.1) is 0 Å². The molecule has 0 amide bonds. The molecule has 0 N–H and O–H groups in total. The van der Waals surface area contributed by atoms with E-state index in [1.165, 1.54) is 10.4 Å². The zero-order valence-electron chi connectivity index (χ0n) is 7.55. The Kier molecular flexibility index (Phi) is 1.45. The molecule has 1 aromatic heterocycles. The number of fused-ring (bicyclic) bond motifs is 3. The van der Waals surface area contributed by atoms with E-state index in [9.17, 15) is 0 Å². The predicted molar refractivity (Wildman–Crippen MR) is 53.5 cm³/mol. The van der Waals surface area contributed by atoms with Crippen LogP contribution in [0.4, 0.5) is 0 Å². The third kappa shape index (κ3) is 0.998. The normalized spacial score (nSPS) is 18.5. The summed E-state index contributed by atoms with van der Waals surface area (Å²) in [6, 6.07) is 0. The van der Waals surface area contributed by atoms with Crippen molar-refractivity contribution in [3.8, 4) is 0 Å². The van der Waals surface area contributed by atoms with Crippen molar-refractivity contribution >= 4 is 24.3 Å². The van der Waals surface area contributed by atoms with Gasteiger partial charge in [0.2, 0.25) is 0 Å². The van der Waals surface area contributed by atoms with Crippen molar-refractivity contribution in [1.29, 1.82) is 0 Å². The largest absolute Gasteiger partial charge is 0.457 e. The minimum Gasteiger partial charge on any atom is -0.457 e. The van der Waals surface area contributed by atoms with E-state index in [2.05, 4.69) is 24.3 Å². The molecular formula is C12H12O. The SMILES string of the molecule is C1=c2oc3c(c2=CCC1)=CCCC=3. The predicted octanol–water partition coefficient (Wildman–Crippen LogP) is -0.0108. The highest BCUT2D eigenvalue weighted by molar-refractivity contribution is 5.42. The lowest BCUT2D eigenvalue weighted by atomic mass is 10.1. The van der Waals surface area contributed by atoms with Gasteiger partial charge < -0.3 is 4.42 Å². The first kappa shape index (κ1) is 7.19. The number of hydrogen-bond donors (Lipinski definition) is 0. The molecule has 1 aromatic rings. The van der Waals surface area contributed by atoms with Crippen molar-refractivity contribution in [2.45, 2.75) is 25.7 Å². The summed E-state index contributed by atoms with van der Waals surface area (Å²) in [6.45, 7) is 0. The van der Waals surface area contributed by atoms with E-state index >= 15 is 0 Å². The van der Waals surface area contributed by atoms with E-state index in [0.29, 0.717) is 0 Å². The van der Waals surface area contributed by atoms with Gasteiger partial charge in [0.1, 0.15) is 10.8 Å². The lowest BCUT2D eigenvalue weighted by Crippen LogP contribution is -2.39. The summed E-state index contributed by atoms with van der Waals surface area (Å²) in [7, 11) is 0. The van der Waals surface area contributed by atoms with Gasteiger partial charge in [0.15, 0.2) is 0 Å². The van der Waals surface area contributed by atoms with Crippen molar-refractivity contribution in [3.05, 3.63) is 21.3 Å². The maximum Gasteiger partial charge on any atom is 0.131 e. The molecule has 0 radical (unpaired) electrons. The van der Waals surface area contributed by atoms with Crippen LogP contribution in [0.15, 0.2) is 4.42 Å². The molecule has 0 spiro atoms. The Hall–Kier alpha value is -1.24. The van der Waals surface area contributed by atoms with Gasteiger partial charge in [0.05, 0.1) is 0 Å². The van der Waals surface area contributed by atoms with Gasteiger partial charge in [-0.05, 0) is 37.8 Å². The van der Waals surface area contributed by atoms with Gasteiger partial charge in [0.25, 0.3) is 0 Å². The average Bonchev–Trinajstić information content (AvgIpc) is 2.56. The molecule has 0 saturated heterocycles. The molecule has 0 bridgehead atoms. The van der Waals surface area contributed by atoms with E-state index in [-0.39, 0.29) is 0 Å². The first-order chi connectivity index (χ1) is 6.45. The Morgan fingerprint density at radius 3 is 1.69 bits per heavy atom. The van der Waals surface area contributed by atoms with Gasteiger partial charge in [-0.25, -0.2) is 0 Å². The summed E-state index contributed by atoms with van der Waals surface area (Å²) in [5, 5.41) is 2.66. The molecule has 0 saturated carbocycles. The fourth-order valence-corrected chi connectivity index (χ4v) is 2.10. The molecule has 0 fully saturated rings. The standard InChI is InChI=1S/C12H12O/c1-3-7-11-9(5-1)10-6-2-4-8-12(10)13-11/h5-8H,1-4H2. The molecule has 3 rings (SSSR count). The maximum absolute atomic E-state index is 5.75. The molecule has 1 heterocycles. The lowest BCUT2D eigenvalue weighted by Gasteiger charge is -1.92. The molecule has 2 aliphatic carbocycles. The molecular weight excluding hydrogens is 160 g/mol. The van der Waals surface area contributed by atoms with Crippen molar-refractivity contribution in [3.63, 3.8) is 0 Å². The number of rotatable bonds is 0. The highest BCUT2D eigenvalue weighted by Crippen LogP contribution is 1.95. The van der Waals surface area contributed by atoms with Crippen LogP contribution in [0.25, 0.3) is 24.3 Å². The summed E-state index contributed by atoms with van der Waals surface area (Å²) in [6.07, 6.45) is 13.6. The molecule has 0 atom stereocenters. The monoisotopic (exact) mass is 172 g/mol. The van der Waals surface area contributed by atoms with Crippen molar-refractivity contribution in [2.75, 3.05) is 0 Å². The smallest absolute Gasteiger partial charge is 0.131 e. The molecule has 13 heavy (non-hydrogen) atoms. The Labute approximate surface area is 76.4 Å². The molecule has 66 valence electrons. The van der Waals surface area contributed by atoms with Crippen LogP contribution in [0.3, 0.4) is 0 Å². The van der Waals surface area contributed by atoms with Crippen LogP contribution in [0.2, 0.25) is 0 Å². The van der Waals surface area contributed by atoms with E-state index in [4.69, 9.17) is 4.42 Å². The van der Waals surface area contributed by atoms with Crippen molar-refractivity contribution < 1.29 is 4.42 Å². The number of furan rings is 1. The first-order valence-electron chi connectivity index (χ1n) is 4.95. The summed E-state index contributed by atoms with van der Waals surface area (Å²) in [5.74, 6) is 0. The van der Waals surface area contributed by atoms with Crippen LogP contribution in [0.1, 0.15) is 25.7 Å². The van der Waals surface area contributed by atoms with Crippen molar-refractivity contribution in [2.24, 2.45) is 0 Å². The highest BCUT2D eigenvalue weighted by Gasteiger charge is 2.03. The molecule has 1 heteroatoms. The van der Waals surface area contributed by atoms with Gasteiger partial charge in [-0.1, -0.05) is 12.2 Å². The summed E-state index contributed by atoms with van der Waals surface area (Å²) in [5.41, 5.74) is 2.18. The minimum absolute atomic E-state index is 1.09. The Morgan fingerprint density at radius 1 is 0.692 bits per heavy atom. The quantitative estimate of drug-likeness (QED) is 0.536. The fourth-order valence-electron chi connectivity index (χ4n) is 2.10. The van der Waals surface area contributed by atoms with Crippen LogP contribution in [-0.4, -0.2) is 0 Å². The van der Waals surface area contributed by atoms with Gasteiger partial charge in [-0.15, -0.1) is 0 Å². The Morgan fingerprint density at radius 2 is 1.15 bits per heavy atom. The van der Waals surface area contributed by atoms with E-state index in [1.807, 2.05) is 0 Å². The molecule has 0 unspecified atom stereocenters. The fraction of sp³-hybridized carbons (Fsp3) is 0.333. The first-order valence-corrected chi connectivity index (χ1v) is 4.95. The summed E-state index contributed by atoms with van der Waals surface area (Å²) < 4.78 is 5.75. The topological polar surface area (TPSA) is 13.1 Å². The summed E-state index contributed by atoms with van der Waals surface area (Å²) >= 11 is 0. The molecule has 0 aliphatic heterocycles. The highest BCUT2D eigenvalue weighted by atomic mass is 16.3. The third-order valence-corrected chi connectivity index (χ3v) is 2.73. The van der Waals surface area contributed by atoms with Crippen molar-refractivity contribution in [1.82, 2.24) is 0 Å². The second-order valence-corrected chi connectivity index (χ2v) is 3.63. The molecule has 1 nitrogen and oxygen atoms in total. The van der Waals surface area contributed by atoms with E-state index in [0.717, 1.165) is 36.5 Å². The lowest BCUT2D eigenvalue weighted by molar-refractivity contribution is 0.493. The van der Waals surface area contributed by atoms with E-state index in [1.54, 1.807) is 0 Å². The van der Waals surface area contributed by atoms with Crippen LogP contribution < -0.4 is 21.3 Å². The van der Waals surface area contributed by atoms with Gasteiger partial charge in [-0.2, -0.15) is 0 Å². The van der Waals surface area contributed by atoms with E-state index < -0.39 is 0 Å². The second kappa shape index (κ2) is 2.63. The van der Waals surface area contributed by atoms with Gasteiger partial charge in [-0.3, -0.25) is 0 Å². The summed E-state index contributed by atoms with van der Waals surface area (Å²) in [4.78, 5) is 0. The number of hydrogen-bond acceptors (Lipinski definition) is 1. The Bertz CT molecular complexity index is 507. The Balaban J connectivity index is 2.61.